The van der Waals surface area contributed by atoms with E-state index in [0.717, 1.165) is 31.5 Å². The van der Waals surface area contributed by atoms with Crippen LogP contribution in [-0.4, -0.2) is 41.5 Å². The van der Waals surface area contributed by atoms with E-state index in [9.17, 15) is 9.59 Å². The van der Waals surface area contributed by atoms with Gasteiger partial charge >= 0.3 is 5.97 Å². The lowest BCUT2D eigenvalue weighted by Gasteiger charge is -2.15. The van der Waals surface area contributed by atoms with Crippen molar-refractivity contribution in [3.8, 4) is 0 Å². The van der Waals surface area contributed by atoms with Crippen molar-refractivity contribution in [3.63, 3.8) is 0 Å². The van der Waals surface area contributed by atoms with E-state index < -0.39 is 5.97 Å². The molecule has 1 aliphatic rings. The van der Waals surface area contributed by atoms with Crippen LogP contribution in [0.25, 0.3) is 0 Å². The number of aromatic carboxylic acids is 1. The number of nitrogens with zero attached hydrogens (tertiary/aromatic N) is 1. The zero-order valence-corrected chi connectivity index (χ0v) is 10.8. The molecule has 1 fully saturated rings. The van der Waals surface area contributed by atoms with Gasteiger partial charge in [0.05, 0.1) is 12.1 Å². The maximum absolute atomic E-state index is 11.8. The highest BCUT2D eigenvalue weighted by Gasteiger charge is 2.16. The quantitative estimate of drug-likeness (QED) is 0.833. The van der Waals surface area contributed by atoms with Gasteiger partial charge < -0.3 is 15.3 Å². The summed E-state index contributed by atoms with van der Waals surface area (Å²) in [5, 5.41) is 11.9. The van der Waals surface area contributed by atoms with Crippen LogP contribution < -0.4 is 5.32 Å². The number of carboxylic acid groups (broad SMARTS) is 1. The third kappa shape index (κ3) is 3.79. The van der Waals surface area contributed by atoms with Crippen LogP contribution in [0.3, 0.4) is 0 Å². The van der Waals surface area contributed by atoms with Gasteiger partial charge in [-0.05, 0) is 30.5 Å². The topological polar surface area (TPSA) is 69.6 Å². The lowest BCUT2D eigenvalue weighted by atomic mass is 10.1. The van der Waals surface area contributed by atoms with Crippen LogP contribution in [0.4, 0.5) is 0 Å². The summed E-state index contributed by atoms with van der Waals surface area (Å²) in [4.78, 5) is 24.5. The van der Waals surface area contributed by atoms with Gasteiger partial charge in [0.15, 0.2) is 0 Å². The second-order valence-corrected chi connectivity index (χ2v) is 4.70. The van der Waals surface area contributed by atoms with Gasteiger partial charge in [-0.2, -0.15) is 0 Å². The summed E-state index contributed by atoms with van der Waals surface area (Å²) >= 11 is 0. The Labute approximate surface area is 112 Å². The predicted octanol–water partition coefficient (Wildman–Crippen LogP) is 1.10. The Hall–Kier alpha value is -1.88. The van der Waals surface area contributed by atoms with E-state index in [0.29, 0.717) is 13.1 Å². The molecule has 1 aromatic rings. The van der Waals surface area contributed by atoms with Crippen LogP contribution in [0.5, 0.6) is 0 Å². The minimum absolute atomic E-state index is 0.117. The molecule has 0 aliphatic carbocycles. The number of carbonyl (C=O) groups is 2. The number of hydrogen-bond donors (Lipinski definition) is 2. The smallest absolute Gasteiger partial charge is 0.335 e. The minimum atomic E-state index is -0.935. The van der Waals surface area contributed by atoms with Crippen molar-refractivity contribution in [2.45, 2.75) is 19.4 Å². The molecule has 1 aliphatic heterocycles. The number of rotatable bonds is 5. The number of carboxylic acids is 1. The number of amides is 1. The van der Waals surface area contributed by atoms with Gasteiger partial charge in [0.1, 0.15) is 0 Å². The van der Waals surface area contributed by atoms with Crippen LogP contribution in [0.1, 0.15) is 28.8 Å². The van der Waals surface area contributed by atoms with Crippen molar-refractivity contribution in [2.75, 3.05) is 19.6 Å². The molecule has 0 aromatic heterocycles. The summed E-state index contributed by atoms with van der Waals surface area (Å²) < 4.78 is 0. The zero-order chi connectivity index (χ0) is 13.7. The van der Waals surface area contributed by atoms with Gasteiger partial charge in [0.2, 0.25) is 5.91 Å². The van der Waals surface area contributed by atoms with Crippen molar-refractivity contribution in [3.05, 3.63) is 35.4 Å². The number of carbonyl (C=O) groups excluding carboxylic acids is 1. The minimum Gasteiger partial charge on any atom is -0.478 e. The maximum atomic E-state index is 11.8. The Balaban J connectivity index is 1.80. The van der Waals surface area contributed by atoms with E-state index in [2.05, 4.69) is 5.32 Å². The highest BCUT2D eigenvalue weighted by Crippen LogP contribution is 2.07. The molecule has 1 saturated heterocycles. The first-order valence-electron chi connectivity index (χ1n) is 6.47. The predicted molar refractivity (Wildman–Crippen MR) is 70.9 cm³/mol. The molecule has 2 rings (SSSR count). The first-order chi connectivity index (χ1) is 9.16. The van der Waals surface area contributed by atoms with Crippen molar-refractivity contribution in [2.24, 2.45) is 0 Å². The third-order valence-corrected chi connectivity index (χ3v) is 3.24. The van der Waals surface area contributed by atoms with E-state index in [1.165, 1.54) is 0 Å². The van der Waals surface area contributed by atoms with E-state index in [4.69, 9.17) is 5.11 Å². The van der Waals surface area contributed by atoms with Crippen LogP contribution in [0.2, 0.25) is 0 Å². The van der Waals surface area contributed by atoms with Crippen LogP contribution in [-0.2, 0) is 11.3 Å². The normalized spacial score (nSPS) is 14.6. The Morgan fingerprint density at radius 2 is 2.00 bits per heavy atom. The van der Waals surface area contributed by atoms with Crippen LogP contribution in [0, 0.1) is 0 Å². The van der Waals surface area contributed by atoms with Gasteiger partial charge in [0.25, 0.3) is 0 Å². The van der Waals surface area contributed by atoms with Crippen molar-refractivity contribution < 1.29 is 14.7 Å². The third-order valence-electron chi connectivity index (χ3n) is 3.24. The first-order valence-corrected chi connectivity index (χ1v) is 6.47. The van der Waals surface area contributed by atoms with E-state index in [-0.39, 0.29) is 11.5 Å². The first kappa shape index (κ1) is 13.5. The standard InChI is InChI=1S/C14H18N2O3/c17-13(16-6-1-2-7-16)10-15-9-11-4-3-5-12(8-11)14(18)19/h3-5,8,15H,1-2,6-7,9-10H2,(H,18,19). The fourth-order valence-electron chi connectivity index (χ4n) is 2.21. The molecule has 5 heteroatoms. The van der Waals surface area contributed by atoms with Crippen LogP contribution >= 0.6 is 0 Å². The number of nitrogens with one attached hydrogen (secondary N) is 1. The van der Waals surface area contributed by atoms with Crippen molar-refractivity contribution in [1.82, 2.24) is 10.2 Å². The molecule has 0 bridgehead atoms. The average Bonchev–Trinajstić information content (AvgIpc) is 2.93. The van der Waals surface area contributed by atoms with Gasteiger partial charge in [-0.25, -0.2) is 4.79 Å². The molecule has 1 heterocycles. The molecule has 1 amide bonds. The summed E-state index contributed by atoms with van der Waals surface area (Å²) in [6.45, 7) is 2.52. The van der Waals surface area contributed by atoms with Crippen molar-refractivity contribution in [1.29, 1.82) is 0 Å². The number of likely N-dealkylation sites (tertiary alicyclic amines) is 1. The maximum Gasteiger partial charge on any atom is 0.335 e. The Bertz CT molecular complexity index is 468. The van der Waals surface area contributed by atoms with E-state index >= 15 is 0 Å². The summed E-state index contributed by atoms with van der Waals surface area (Å²) in [6.07, 6.45) is 2.18. The monoisotopic (exact) mass is 262 g/mol. The molecule has 2 N–H and O–H groups in total. The summed E-state index contributed by atoms with van der Waals surface area (Å²) in [5.74, 6) is -0.818. The van der Waals surface area contributed by atoms with Crippen LogP contribution in [0.15, 0.2) is 24.3 Å². The molecule has 0 spiro atoms. The van der Waals surface area contributed by atoms with Crippen molar-refractivity contribution >= 4 is 11.9 Å². The Morgan fingerprint density at radius 3 is 2.68 bits per heavy atom. The fourth-order valence-corrected chi connectivity index (χ4v) is 2.21. The van der Waals surface area contributed by atoms with Gasteiger partial charge in [-0.3, -0.25) is 4.79 Å². The number of benzene rings is 1. The molecule has 0 saturated carbocycles. The molecule has 102 valence electrons. The lowest BCUT2D eigenvalue weighted by Crippen LogP contribution is -2.35. The summed E-state index contributed by atoms with van der Waals surface area (Å²) in [6, 6.07) is 6.74. The molecule has 0 radical (unpaired) electrons. The second kappa shape index (κ2) is 6.33. The molecular weight excluding hydrogens is 244 g/mol. The highest BCUT2D eigenvalue weighted by atomic mass is 16.4. The van der Waals surface area contributed by atoms with Gasteiger partial charge in [-0.1, -0.05) is 12.1 Å². The second-order valence-electron chi connectivity index (χ2n) is 4.70. The summed E-state index contributed by atoms with van der Waals surface area (Å²) in [5.41, 5.74) is 1.14. The molecule has 1 aromatic carbocycles. The molecule has 5 nitrogen and oxygen atoms in total. The van der Waals surface area contributed by atoms with E-state index in [1.54, 1.807) is 18.2 Å². The van der Waals surface area contributed by atoms with Gasteiger partial charge in [0, 0.05) is 19.6 Å². The molecule has 0 atom stereocenters. The Kier molecular flexibility index (Phi) is 4.52. The molecule has 0 unspecified atom stereocenters. The largest absolute Gasteiger partial charge is 0.478 e. The SMILES string of the molecule is O=C(O)c1cccc(CNCC(=O)N2CCCC2)c1. The summed E-state index contributed by atoms with van der Waals surface area (Å²) in [7, 11) is 0. The fraction of sp³-hybridized carbons (Fsp3) is 0.429. The highest BCUT2D eigenvalue weighted by molar-refractivity contribution is 5.87. The molecular formula is C14H18N2O3. The van der Waals surface area contributed by atoms with E-state index in [1.807, 2.05) is 11.0 Å². The zero-order valence-electron chi connectivity index (χ0n) is 10.8. The Morgan fingerprint density at radius 1 is 1.26 bits per heavy atom. The number of hydrogen-bond acceptors (Lipinski definition) is 3. The average molecular weight is 262 g/mol. The lowest BCUT2D eigenvalue weighted by molar-refractivity contribution is -0.129. The van der Waals surface area contributed by atoms with Gasteiger partial charge in [-0.15, -0.1) is 0 Å². The molecule has 19 heavy (non-hydrogen) atoms.